The molecule has 0 aliphatic rings. The van der Waals surface area contributed by atoms with E-state index in [0.29, 0.717) is 11.5 Å². The predicted octanol–water partition coefficient (Wildman–Crippen LogP) is 4.65. The van der Waals surface area contributed by atoms with Gasteiger partial charge in [0.1, 0.15) is 0 Å². The highest BCUT2D eigenvalue weighted by Gasteiger charge is 2.12. The summed E-state index contributed by atoms with van der Waals surface area (Å²) < 4.78 is 0. The molecule has 29 heavy (non-hydrogen) atoms. The Bertz CT molecular complexity index is 953. The molecule has 0 radical (unpaired) electrons. The van der Waals surface area contributed by atoms with Crippen LogP contribution < -0.4 is 15.1 Å². The Morgan fingerprint density at radius 2 is 1.62 bits per heavy atom. The van der Waals surface area contributed by atoms with Crippen molar-refractivity contribution in [2.75, 3.05) is 35.3 Å². The summed E-state index contributed by atoms with van der Waals surface area (Å²) in [6.45, 7) is 8.16. The fourth-order valence-corrected chi connectivity index (χ4v) is 3.15. The topological polar surface area (TPSA) is 61.4 Å². The van der Waals surface area contributed by atoms with Crippen LogP contribution >= 0.6 is 0 Å². The number of hydrogen-bond donors (Lipinski definition) is 1. The highest BCUT2D eigenvalue weighted by Crippen LogP contribution is 2.23. The number of nitrogens with zero attached hydrogens (tertiary/aromatic N) is 4. The van der Waals surface area contributed by atoms with Gasteiger partial charge in [-0.3, -0.25) is 4.79 Å². The van der Waals surface area contributed by atoms with Crippen LogP contribution in [0, 0.1) is 6.92 Å². The Balaban J connectivity index is 1.71. The van der Waals surface area contributed by atoms with Crippen LogP contribution in [0.1, 0.15) is 29.8 Å². The van der Waals surface area contributed by atoms with Gasteiger partial charge in [-0.1, -0.05) is 18.2 Å². The Hall–Kier alpha value is -3.41. The number of para-hydroxylation sites is 1. The number of aryl methyl sites for hydroxylation is 1. The van der Waals surface area contributed by atoms with Crippen molar-refractivity contribution in [1.29, 1.82) is 0 Å². The zero-order valence-electron chi connectivity index (χ0n) is 17.4. The smallest absolute Gasteiger partial charge is 0.258 e. The highest BCUT2D eigenvalue weighted by molar-refractivity contribution is 6.04. The molecule has 6 heteroatoms. The van der Waals surface area contributed by atoms with Gasteiger partial charge < -0.3 is 15.1 Å². The van der Waals surface area contributed by atoms with Crippen molar-refractivity contribution in [2.24, 2.45) is 0 Å². The summed E-state index contributed by atoms with van der Waals surface area (Å²) in [7, 11) is 1.89. The maximum Gasteiger partial charge on any atom is 0.258 e. The third kappa shape index (κ3) is 4.71. The van der Waals surface area contributed by atoms with E-state index in [1.165, 1.54) is 0 Å². The van der Waals surface area contributed by atoms with Crippen LogP contribution in [-0.2, 0) is 0 Å². The molecule has 0 spiro atoms. The minimum absolute atomic E-state index is 0.224. The quantitative estimate of drug-likeness (QED) is 0.637. The lowest BCUT2D eigenvalue weighted by Gasteiger charge is -2.22. The van der Waals surface area contributed by atoms with Crippen LogP contribution in [0.5, 0.6) is 0 Å². The number of rotatable bonds is 7. The number of carbonyl (C=O) groups is 1. The van der Waals surface area contributed by atoms with E-state index in [4.69, 9.17) is 0 Å². The molecule has 1 N–H and O–H groups in total. The van der Waals surface area contributed by atoms with Gasteiger partial charge in [0.15, 0.2) is 0 Å². The Morgan fingerprint density at radius 3 is 2.21 bits per heavy atom. The van der Waals surface area contributed by atoms with Crippen LogP contribution in [0.25, 0.3) is 0 Å². The lowest BCUT2D eigenvalue weighted by molar-refractivity contribution is 0.102. The molecule has 1 heterocycles. The average molecular weight is 390 g/mol. The number of benzene rings is 2. The van der Waals surface area contributed by atoms with E-state index in [1.54, 1.807) is 12.4 Å². The van der Waals surface area contributed by atoms with Gasteiger partial charge in [0.05, 0.1) is 5.56 Å². The largest absolute Gasteiger partial charge is 0.372 e. The maximum absolute atomic E-state index is 12.6. The second-order valence-corrected chi connectivity index (χ2v) is 6.79. The molecule has 2 aromatic carbocycles. The molecule has 0 atom stereocenters. The van der Waals surface area contributed by atoms with Gasteiger partial charge >= 0.3 is 0 Å². The average Bonchev–Trinajstić information content (AvgIpc) is 2.76. The molecule has 0 saturated carbocycles. The normalized spacial score (nSPS) is 10.5. The molecule has 1 amide bonds. The number of anilines is 4. The predicted molar refractivity (Wildman–Crippen MR) is 119 cm³/mol. The third-order valence-electron chi connectivity index (χ3n) is 4.93. The van der Waals surface area contributed by atoms with Gasteiger partial charge in [0, 0.05) is 49.6 Å². The molecule has 0 fully saturated rings. The van der Waals surface area contributed by atoms with Crippen LogP contribution in [-0.4, -0.2) is 36.0 Å². The van der Waals surface area contributed by atoms with Crippen LogP contribution in [0.3, 0.4) is 0 Å². The Kier molecular flexibility index (Phi) is 6.44. The monoisotopic (exact) mass is 389 g/mol. The van der Waals surface area contributed by atoms with Crippen molar-refractivity contribution in [3.8, 4) is 0 Å². The standard InChI is InChI=1S/C23H27N5O/c1-5-28(6-2)20-12-13-21(17(3)14-20)26-22(29)18-15-24-23(25-16-18)27(4)19-10-8-7-9-11-19/h7-16H,5-6H2,1-4H3,(H,26,29). The summed E-state index contributed by atoms with van der Waals surface area (Å²) >= 11 is 0. The van der Waals surface area contributed by atoms with Crippen LogP contribution in [0.15, 0.2) is 60.9 Å². The van der Waals surface area contributed by atoms with Crippen molar-refractivity contribution >= 4 is 28.9 Å². The second kappa shape index (κ2) is 9.19. The summed E-state index contributed by atoms with van der Waals surface area (Å²) in [6.07, 6.45) is 3.10. The van der Waals surface area contributed by atoms with E-state index in [0.717, 1.165) is 35.7 Å². The minimum Gasteiger partial charge on any atom is -0.372 e. The van der Waals surface area contributed by atoms with E-state index in [9.17, 15) is 4.79 Å². The van der Waals surface area contributed by atoms with E-state index in [1.807, 2.05) is 61.3 Å². The fourth-order valence-electron chi connectivity index (χ4n) is 3.15. The first kappa shape index (κ1) is 20.3. The number of hydrogen-bond acceptors (Lipinski definition) is 5. The van der Waals surface area contributed by atoms with Gasteiger partial charge in [-0.2, -0.15) is 0 Å². The highest BCUT2D eigenvalue weighted by atomic mass is 16.1. The molecule has 3 aromatic rings. The first-order valence-corrected chi connectivity index (χ1v) is 9.81. The van der Waals surface area contributed by atoms with Crippen molar-refractivity contribution < 1.29 is 4.79 Å². The molecular formula is C23H27N5O. The Labute approximate surface area is 172 Å². The second-order valence-electron chi connectivity index (χ2n) is 6.79. The fraction of sp³-hybridized carbons (Fsp3) is 0.261. The SMILES string of the molecule is CCN(CC)c1ccc(NC(=O)c2cnc(N(C)c3ccccc3)nc2)c(C)c1. The molecule has 6 nitrogen and oxygen atoms in total. The zero-order chi connectivity index (χ0) is 20.8. The number of aromatic nitrogens is 2. The molecule has 0 bridgehead atoms. The summed E-state index contributed by atoms with van der Waals surface area (Å²) in [5.41, 5.74) is 4.36. The molecule has 0 aliphatic heterocycles. The number of nitrogens with one attached hydrogen (secondary N) is 1. The number of amides is 1. The summed E-state index contributed by atoms with van der Waals surface area (Å²) in [5.74, 6) is 0.310. The third-order valence-corrected chi connectivity index (χ3v) is 4.93. The molecule has 1 aromatic heterocycles. The van der Waals surface area contributed by atoms with Crippen LogP contribution in [0.4, 0.5) is 23.0 Å². The van der Waals surface area contributed by atoms with E-state index in [-0.39, 0.29) is 5.91 Å². The van der Waals surface area contributed by atoms with Gasteiger partial charge in [0.25, 0.3) is 5.91 Å². The molecular weight excluding hydrogens is 362 g/mol. The lowest BCUT2D eigenvalue weighted by atomic mass is 10.1. The van der Waals surface area contributed by atoms with Crippen LogP contribution in [0.2, 0.25) is 0 Å². The van der Waals surface area contributed by atoms with Gasteiger partial charge in [-0.25, -0.2) is 9.97 Å². The van der Waals surface area contributed by atoms with Crippen molar-refractivity contribution in [1.82, 2.24) is 9.97 Å². The van der Waals surface area contributed by atoms with Crippen molar-refractivity contribution in [3.63, 3.8) is 0 Å². The lowest BCUT2D eigenvalue weighted by Crippen LogP contribution is -2.22. The van der Waals surface area contributed by atoms with E-state index in [2.05, 4.69) is 40.1 Å². The maximum atomic E-state index is 12.6. The Morgan fingerprint density at radius 1 is 0.966 bits per heavy atom. The summed E-state index contributed by atoms with van der Waals surface area (Å²) in [4.78, 5) is 25.5. The van der Waals surface area contributed by atoms with Crippen molar-refractivity contribution in [2.45, 2.75) is 20.8 Å². The van der Waals surface area contributed by atoms with Gasteiger partial charge in [0.2, 0.25) is 5.95 Å². The first-order chi connectivity index (χ1) is 14.0. The minimum atomic E-state index is -0.224. The van der Waals surface area contributed by atoms with Crippen molar-refractivity contribution in [3.05, 3.63) is 72.1 Å². The zero-order valence-corrected chi connectivity index (χ0v) is 17.4. The van der Waals surface area contributed by atoms with E-state index >= 15 is 0 Å². The number of carbonyl (C=O) groups excluding carboxylic acids is 1. The molecule has 3 rings (SSSR count). The van der Waals surface area contributed by atoms with Gasteiger partial charge in [-0.05, 0) is 56.7 Å². The molecule has 150 valence electrons. The molecule has 0 saturated heterocycles. The van der Waals surface area contributed by atoms with E-state index < -0.39 is 0 Å². The summed E-state index contributed by atoms with van der Waals surface area (Å²) in [6, 6.07) is 15.9. The molecule has 0 aliphatic carbocycles. The molecule has 0 unspecified atom stereocenters. The first-order valence-electron chi connectivity index (χ1n) is 9.81. The van der Waals surface area contributed by atoms with Gasteiger partial charge in [-0.15, -0.1) is 0 Å². The summed E-state index contributed by atoms with van der Waals surface area (Å²) in [5, 5.41) is 2.96.